The van der Waals surface area contributed by atoms with Crippen LogP contribution in [0.25, 0.3) is 10.9 Å². The van der Waals surface area contributed by atoms with Gasteiger partial charge in [-0.3, -0.25) is 4.90 Å². The average molecular weight is 312 g/mol. The number of H-pyrrole nitrogens is 1. The average Bonchev–Trinajstić information content (AvgIpc) is 2.94. The molecular formula is C19H24N2S. The second kappa shape index (κ2) is 5.78. The lowest BCUT2D eigenvalue weighted by Gasteiger charge is -2.47. The van der Waals surface area contributed by atoms with E-state index in [0.29, 0.717) is 12.0 Å². The fourth-order valence-corrected chi connectivity index (χ4v) is 5.34. The summed E-state index contributed by atoms with van der Waals surface area (Å²) in [5.41, 5.74) is 4.39. The molecular weight excluding hydrogens is 288 g/mol. The molecule has 2 aromatic rings. The molecule has 0 radical (unpaired) electrons. The highest BCUT2D eigenvalue weighted by atomic mass is 32.2. The lowest BCUT2D eigenvalue weighted by molar-refractivity contribution is 0.105. The molecule has 3 atom stereocenters. The number of thioether (sulfide) groups is 1. The zero-order chi connectivity index (χ0) is 15.1. The summed E-state index contributed by atoms with van der Waals surface area (Å²) < 4.78 is 0. The Hall–Kier alpha value is -1.19. The largest absolute Gasteiger partial charge is 0.361 e. The Kier molecular flexibility index (Phi) is 3.79. The van der Waals surface area contributed by atoms with E-state index in [1.807, 2.05) is 11.8 Å². The van der Waals surface area contributed by atoms with Crippen molar-refractivity contribution in [1.82, 2.24) is 9.88 Å². The van der Waals surface area contributed by atoms with Crippen molar-refractivity contribution in [3.63, 3.8) is 0 Å². The molecule has 3 heteroatoms. The molecule has 1 N–H and O–H groups in total. The van der Waals surface area contributed by atoms with E-state index in [-0.39, 0.29) is 0 Å². The molecule has 1 aliphatic carbocycles. The predicted octanol–water partition coefficient (Wildman–Crippen LogP) is 4.05. The van der Waals surface area contributed by atoms with Crippen molar-refractivity contribution in [2.45, 2.75) is 24.8 Å². The molecule has 4 rings (SSSR count). The number of nitrogens with zero attached hydrogens (tertiary/aromatic N) is 1. The van der Waals surface area contributed by atoms with Gasteiger partial charge in [-0.1, -0.05) is 18.2 Å². The van der Waals surface area contributed by atoms with E-state index >= 15 is 0 Å². The SMILES string of the molecule is C=CCN1C[C@H](CSC)CC2c3cccc4[nH]cc(c34)C[C@H]21. The van der Waals surface area contributed by atoms with Crippen molar-refractivity contribution in [3.05, 3.63) is 48.2 Å². The van der Waals surface area contributed by atoms with Gasteiger partial charge in [0.2, 0.25) is 0 Å². The molecule has 116 valence electrons. The molecule has 1 aromatic heterocycles. The summed E-state index contributed by atoms with van der Waals surface area (Å²) in [4.78, 5) is 6.15. The smallest absolute Gasteiger partial charge is 0.0459 e. The summed E-state index contributed by atoms with van der Waals surface area (Å²) in [7, 11) is 0. The highest BCUT2D eigenvalue weighted by Crippen LogP contribution is 2.45. The fraction of sp³-hybridized carbons (Fsp3) is 0.474. The van der Waals surface area contributed by atoms with Crippen molar-refractivity contribution in [2.24, 2.45) is 5.92 Å². The third-order valence-electron chi connectivity index (χ3n) is 5.43. The molecule has 1 fully saturated rings. The molecule has 2 heterocycles. The van der Waals surface area contributed by atoms with Gasteiger partial charge >= 0.3 is 0 Å². The third-order valence-corrected chi connectivity index (χ3v) is 6.23. The van der Waals surface area contributed by atoms with Gasteiger partial charge in [-0.15, -0.1) is 6.58 Å². The van der Waals surface area contributed by atoms with Crippen molar-refractivity contribution >= 4 is 22.7 Å². The zero-order valence-corrected chi connectivity index (χ0v) is 14.0. The minimum atomic E-state index is 0.644. The van der Waals surface area contributed by atoms with Crippen LogP contribution in [0.4, 0.5) is 0 Å². The van der Waals surface area contributed by atoms with Gasteiger partial charge in [-0.25, -0.2) is 0 Å². The minimum absolute atomic E-state index is 0.644. The van der Waals surface area contributed by atoms with Crippen molar-refractivity contribution in [1.29, 1.82) is 0 Å². The monoisotopic (exact) mass is 312 g/mol. The number of likely N-dealkylation sites (tertiary alicyclic amines) is 1. The van der Waals surface area contributed by atoms with Gasteiger partial charge in [0.1, 0.15) is 0 Å². The van der Waals surface area contributed by atoms with Crippen LogP contribution in [0, 0.1) is 5.92 Å². The standard InChI is InChI=1S/C19H24N2S/c1-3-7-21-11-13(12-22-2)8-16-15-5-4-6-17-19(15)14(10-20-17)9-18(16)21/h3-6,10,13,16,18,20H,1,7-9,11-12H2,2H3/t13-,16?,18-/m1/s1. The Morgan fingerprint density at radius 1 is 1.45 bits per heavy atom. The lowest BCUT2D eigenvalue weighted by Crippen LogP contribution is -2.50. The Balaban J connectivity index is 1.77. The summed E-state index contributed by atoms with van der Waals surface area (Å²) >= 11 is 1.99. The minimum Gasteiger partial charge on any atom is -0.361 e. The number of benzene rings is 1. The summed E-state index contributed by atoms with van der Waals surface area (Å²) in [6, 6.07) is 7.44. The van der Waals surface area contributed by atoms with E-state index in [1.54, 1.807) is 5.56 Å². The predicted molar refractivity (Wildman–Crippen MR) is 96.8 cm³/mol. The van der Waals surface area contributed by atoms with Gasteiger partial charge < -0.3 is 4.98 Å². The zero-order valence-electron chi connectivity index (χ0n) is 13.2. The molecule has 0 saturated carbocycles. The first kappa shape index (κ1) is 14.4. The number of hydrogen-bond acceptors (Lipinski definition) is 2. The van der Waals surface area contributed by atoms with Crippen LogP contribution >= 0.6 is 11.8 Å². The summed E-state index contributed by atoms with van der Waals surface area (Å²) in [6.07, 6.45) is 9.05. The van der Waals surface area contributed by atoms with Gasteiger partial charge in [0.15, 0.2) is 0 Å². The number of aromatic nitrogens is 1. The molecule has 2 aliphatic rings. The van der Waals surface area contributed by atoms with Crippen molar-refractivity contribution in [3.8, 4) is 0 Å². The number of piperidine rings is 1. The van der Waals surface area contributed by atoms with E-state index in [1.165, 1.54) is 41.6 Å². The van der Waals surface area contributed by atoms with Gasteiger partial charge in [0, 0.05) is 42.1 Å². The topological polar surface area (TPSA) is 19.0 Å². The highest BCUT2D eigenvalue weighted by molar-refractivity contribution is 7.98. The molecule has 0 spiro atoms. The Labute approximate surface area is 137 Å². The van der Waals surface area contributed by atoms with Gasteiger partial charge in [0.25, 0.3) is 0 Å². The maximum absolute atomic E-state index is 3.98. The number of nitrogens with one attached hydrogen (secondary N) is 1. The van der Waals surface area contributed by atoms with Crippen molar-refractivity contribution in [2.75, 3.05) is 25.1 Å². The first-order valence-electron chi connectivity index (χ1n) is 8.24. The fourth-order valence-electron chi connectivity index (χ4n) is 4.63. The van der Waals surface area contributed by atoms with Crippen LogP contribution < -0.4 is 0 Å². The summed E-state index contributed by atoms with van der Waals surface area (Å²) in [6.45, 7) is 6.22. The van der Waals surface area contributed by atoms with Gasteiger partial charge in [0.05, 0.1) is 0 Å². The van der Waals surface area contributed by atoms with E-state index in [9.17, 15) is 0 Å². The summed E-state index contributed by atoms with van der Waals surface area (Å²) in [5, 5.41) is 1.51. The van der Waals surface area contributed by atoms with Crippen molar-refractivity contribution < 1.29 is 0 Å². The maximum Gasteiger partial charge on any atom is 0.0459 e. The Bertz CT molecular complexity index is 690. The molecule has 1 aromatic carbocycles. The van der Waals surface area contributed by atoms with E-state index < -0.39 is 0 Å². The molecule has 2 nitrogen and oxygen atoms in total. The van der Waals surface area contributed by atoms with Crippen LogP contribution in [0.3, 0.4) is 0 Å². The Morgan fingerprint density at radius 2 is 2.36 bits per heavy atom. The van der Waals surface area contributed by atoms with Crippen LogP contribution in [0.1, 0.15) is 23.5 Å². The van der Waals surface area contributed by atoms with Crippen LogP contribution in [-0.4, -0.2) is 41.0 Å². The normalized spacial score (nSPS) is 27.8. The lowest BCUT2D eigenvalue weighted by atomic mass is 9.72. The van der Waals surface area contributed by atoms with E-state index in [0.717, 1.165) is 12.5 Å². The Morgan fingerprint density at radius 3 is 3.18 bits per heavy atom. The second-order valence-electron chi connectivity index (χ2n) is 6.76. The van der Waals surface area contributed by atoms with Crippen LogP contribution in [0.2, 0.25) is 0 Å². The van der Waals surface area contributed by atoms with E-state index in [2.05, 4.69) is 53.2 Å². The van der Waals surface area contributed by atoms with Crippen LogP contribution in [0.5, 0.6) is 0 Å². The highest BCUT2D eigenvalue weighted by Gasteiger charge is 2.40. The molecule has 1 unspecified atom stereocenters. The number of aromatic amines is 1. The number of rotatable bonds is 4. The quantitative estimate of drug-likeness (QED) is 0.859. The van der Waals surface area contributed by atoms with Gasteiger partial charge in [-0.2, -0.15) is 11.8 Å². The van der Waals surface area contributed by atoms with E-state index in [4.69, 9.17) is 0 Å². The van der Waals surface area contributed by atoms with Gasteiger partial charge in [-0.05, 0) is 48.0 Å². The first-order chi connectivity index (χ1) is 10.8. The molecule has 22 heavy (non-hydrogen) atoms. The summed E-state index contributed by atoms with van der Waals surface area (Å²) in [5.74, 6) is 2.75. The third kappa shape index (κ3) is 2.22. The molecule has 0 bridgehead atoms. The number of fused-ring (bicyclic) bond motifs is 2. The molecule has 0 amide bonds. The number of hydrogen-bond donors (Lipinski definition) is 1. The maximum atomic E-state index is 3.98. The first-order valence-corrected chi connectivity index (χ1v) is 9.64. The molecule has 1 saturated heterocycles. The molecule has 1 aliphatic heterocycles. The van der Waals surface area contributed by atoms with Crippen LogP contribution in [-0.2, 0) is 6.42 Å². The van der Waals surface area contributed by atoms with Crippen LogP contribution in [0.15, 0.2) is 37.1 Å². The second-order valence-corrected chi connectivity index (χ2v) is 7.67.